The molecule has 0 bridgehead atoms. The molecule has 0 atom stereocenters. The van der Waals surface area contributed by atoms with Crippen LogP contribution in [0.2, 0.25) is 0 Å². The van der Waals surface area contributed by atoms with E-state index in [-0.39, 0.29) is 24.5 Å². The van der Waals surface area contributed by atoms with Crippen LogP contribution in [-0.4, -0.2) is 23.2 Å². The van der Waals surface area contributed by atoms with Gasteiger partial charge < -0.3 is 5.32 Å². The van der Waals surface area contributed by atoms with Crippen LogP contribution in [0.1, 0.15) is 24.3 Å². The highest BCUT2D eigenvalue weighted by atomic mass is 32.1. The maximum atomic E-state index is 12.1. The number of aromatic nitrogens is 1. The maximum absolute atomic E-state index is 12.1. The smallest absolute Gasteiger partial charge is 0.226 e. The summed E-state index contributed by atoms with van der Waals surface area (Å²) < 4.78 is 1.06. The zero-order valence-corrected chi connectivity index (χ0v) is 15.6. The number of nitrogens with zero attached hydrogens (tertiary/aromatic N) is 2. The number of ketones is 1. The van der Waals surface area contributed by atoms with E-state index < -0.39 is 0 Å². The molecule has 0 fully saturated rings. The lowest BCUT2D eigenvalue weighted by Crippen LogP contribution is -2.26. The third kappa shape index (κ3) is 5.22. The highest BCUT2D eigenvalue weighted by Crippen LogP contribution is 2.28. The van der Waals surface area contributed by atoms with E-state index in [4.69, 9.17) is 5.26 Å². The van der Waals surface area contributed by atoms with Crippen molar-refractivity contribution >= 4 is 33.2 Å². The predicted molar refractivity (Wildman–Crippen MR) is 106 cm³/mol. The number of hydrogen-bond acceptors (Lipinski definition) is 5. The molecule has 0 saturated heterocycles. The number of Topliss-reactive ketones (excluding diaryl/α,β-unsaturated/α-hetero) is 1. The fraction of sp³-hybridized carbons (Fsp3) is 0.238. The van der Waals surface area contributed by atoms with E-state index in [1.54, 1.807) is 0 Å². The number of amides is 1. The summed E-state index contributed by atoms with van der Waals surface area (Å²) in [6, 6.07) is 18.1. The summed E-state index contributed by atoms with van der Waals surface area (Å²) in [7, 11) is 0. The summed E-state index contributed by atoms with van der Waals surface area (Å²) in [5.41, 5.74) is 3.17. The number of carbonyl (C=O) groups is 2. The molecular weight excluding hydrogens is 358 g/mol. The number of nitriles is 1. The van der Waals surface area contributed by atoms with Crippen LogP contribution in [0, 0.1) is 11.3 Å². The molecular formula is C21H19N3O2S. The number of fused-ring (bicyclic) bond motifs is 1. The largest absolute Gasteiger partial charge is 0.356 e. The Morgan fingerprint density at radius 1 is 1.11 bits per heavy atom. The first kappa shape index (κ1) is 18.7. The molecule has 27 heavy (non-hydrogen) atoms. The Morgan fingerprint density at radius 3 is 2.70 bits per heavy atom. The van der Waals surface area contributed by atoms with Gasteiger partial charge in [0.2, 0.25) is 5.91 Å². The van der Waals surface area contributed by atoms with E-state index in [1.165, 1.54) is 11.3 Å². The summed E-state index contributed by atoms with van der Waals surface area (Å²) in [6.45, 7) is 0.430. The normalized spacial score (nSPS) is 10.5. The van der Waals surface area contributed by atoms with Crippen molar-refractivity contribution in [1.29, 1.82) is 5.26 Å². The first-order chi connectivity index (χ1) is 13.2. The number of thiazole rings is 1. The van der Waals surface area contributed by atoms with Crippen LogP contribution in [-0.2, 0) is 16.0 Å². The minimum Gasteiger partial charge on any atom is -0.356 e. The zero-order valence-electron chi connectivity index (χ0n) is 14.8. The van der Waals surface area contributed by atoms with Crippen molar-refractivity contribution < 1.29 is 9.59 Å². The number of nitrogens with one attached hydrogen (secondary N) is 1. The van der Waals surface area contributed by atoms with Gasteiger partial charge in [-0.15, -0.1) is 11.3 Å². The van der Waals surface area contributed by atoms with Gasteiger partial charge in [-0.05, 0) is 29.7 Å². The second-order valence-electron chi connectivity index (χ2n) is 6.16. The lowest BCUT2D eigenvalue weighted by molar-refractivity contribution is -0.121. The summed E-state index contributed by atoms with van der Waals surface area (Å²) in [5.74, 6) is -0.197. The van der Waals surface area contributed by atoms with Gasteiger partial charge in [0.15, 0.2) is 0 Å². The van der Waals surface area contributed by atoms with Crippen LogP contribution in [0.3, 0.4) is 0 Å². The molecule has 0 radical (unpaired) electrons. The molecule has 136 valence electrons. The van der Waals surface area contributed by atoms with Gasteiger partial charge in [-0.2, -0.15) is 5.26 Å². The molecule has 0 aliphatic rings. The summed E-state index contributed by atoms with van der Waals surface area (Å²) in [6.07, 6.45) is 1.03. The van der Waals surface area contributed by atoms with Gasteiger partial charge in [0.25, 0.3) is 0 Å². The van der Waals surface area contributed by atoms with E-state index in [0.717, 1.165) is 26.4 Å². The van der Waals surface area contributed by atoms with Crippen molar-refractivity contribution in [3.63, 3.8) is 0 Å². The van der Waals surface area contributed by atoms with Gasteiger partial charge >= 0.3 is 0 Å². The molecule has 5 nitrogen and oxygen atoms in total. The van der Waals surface area contributed by atoms with Crippen LogP contribution in [0.4, 0.5) is 0 Å². The van der Waals surface area contributed by atoms with Gasteiger partial charge in [0.1, 0.15) is 10.8 Å². The number of benzene rings is 2. The van der Waals surface area contributed by atoms with Gasteiger partial charge in [-0.1, -0.05) is 36.4 Å². The topological polar surface area (TPSA) is 82.9 Å². The third-order valence-electron chi connectivity index (χ3n) is 4.08. The zero-order chi connectivity index (χ0) is 19.1. The SMILES string of the molecule is N#CCC(=O)CCCNC(=O)Cc1nc2ccc(-c3ccccc3)cc2s1. The van der Waals surface area contributed by atoms with Gasteiger partial charge in [0.05, 0.1) is 29.1 Å². The highest BCUT2D eigenvalue weighted by Gasteiger charge is 2.10. The fourth-order valence-electron chi connectivity index (χ4n) is 2.75. The number of hydrogen-bond donors (Lipinski definition) is 1. The minimum absolute atomic E-state index is 0.0649. The Labute approximate surface area is 161 Å². The molecule has 1 N–H and O–H groups in total. The molecule has 0 unspecified atom stereocenters. The van der Waals surface area contributed by atoms with E-state index in [2.05, 4.69) is 28.5 Å². The quantitative estimate of drug-likeness (QED) is 0.604. The molecule has 0 aliphatic heterocycles. The highest BCUT2D eigenvalue weighted by molar-refractivity contribution is 7.18. The Morgan fingerprint density at radius 2 is 1.93 bits per heavy atom. The number of carbonyl (C=O) groups excluding carboxylic acids is 2. The molecule has 2 aromatic carbocycles. The second-order valence-corrected chi connectivity index (χ2v) is 7.28. The molecule has 0 spiro atoms. The van der Waals surface area contributed by atoms with Gasteiger partial charge in [-0.3, -0.25) is 9.59 Å². The van der Waals surface area contributed by atoms with E-state index in [0.29, 0.717) is 19.4 Å². The number of rotatable bonds is 8. The van der Waals surface area contributed by atoms with Crippen molar-refractivity contribution in [2.24, 2.45) is 0 Å². The third-order valence-corrected chi connectivity index (χ3v) is 5.10. The standard InChI is InChI=1S/C21H19N3O2S/c22-11-10-17(25)7-4-12-23-20(26)14-21-24-18-9-8-16(13-19(18)27-21)15-5-2-1-3-6-15/h1-3,5-6,8-9,13H,4,7,10,12,14H2,(H,23,26). The Kier molecular flexibility index (Phi) is 6.29. The summed E-state index contributed by atoms with van der Waals surface area (Å²) >= 11 is 1.52. The summed E-state index contributed by atoms with van der Waals surface area (Å²) in [5, 5.41) is 12.0. The van der Waals surface area contributed by atoms with Crippen LogP contribution in [0.15, 0.2) is 48.5 Å². The fourth-order valence-corrected chi connectivity index (χ4v) is 3.75. The minimum atomic E-state index is -0.106. The molecule has 6 heteroatoms. The monoisotopic (exact) mass is 377 g/mol. The van der Waals surface area contributed by atoms with Crippen LogP contribution >= 0.6 is 11.3 Å². The van der Waals surface area contributed by atoms with Crippen LogP contribution in [0.25, 0.3) is 21.3 Å². The molecule has 3 aromatic rings. The van der Waals surface area contributed by atoms with Gasteiger partial charge in [-0.25, -0.2) is 4.98 Å². The van der Waals surface area contributed by atoms with Crippen LogP contribution < -0.4 is 5.32 Å². The first-order valence-electron chi connectivity index (χ1n) is 8.76. The Bertz CT molecular complexity index is 990. The maximum Gasteiger partial charge on any atom is 0.226 e. The predicted octanol–water partition coefficient (Wildman–Crippen LogP) is 3.88. The molecule has 0 aliphatic carbocycles. The van der Waals surface area contributed by atoms with Gasteiger partial charge in [0, 0.05) is 13.0 Å². The molecule has 3 rings (SSSR count). The van der Waals surface area contributed by atoms with E-state index in [1.807, 2.05) is 36.4 Å². The average Bonchev–Trinajstić information content (AvgIpc) is 3.07. The molecule has 1 amide bonds. The van der Waals surface area contributed by atoms with E-state index in [9.17, 15) is 9.59 Å². The van der Waals surface area contributed by atoms with Crippen molar-refractivity contribution in [2.45, 2.75) is 25.7 Å². The Hall–Kier alpha value is -3.04. The molecule has 0 saturated carbocycles. The van der Waals surface area contributed by atoms with E-state index >= 15 is 0 Å². The van der Waals surface area contributed by atoms with Crippen molar-refractivity contribution in [3.8, 4) is 17.2 Å². The first-order valence-corrected chi connectivity index (χ1v) is 9.57. The molecule has 1 aromatic heterocycles. The van der Waals surface area contributed by atoms with Crippen molar-refractivity contribution in [1.82, 2.24) is 10.3 Å². The lowest BCUT2D eigenvalue weighted by atomic mass is 10.1. The lowest BCUT2D eigenvalue weighted by Gasteiger charge is -2.02. The molecule has 1 heterocycles. The van der Waals surface area contributed by atoms with Crippen LogP contribution in [0.5, 0.6) is 0 Å². The second kappa shape index (κ2) is 9.06. The van der Waals surface area contributed by atoms with Crippen molar-refractivity contribution in [3.05, 3.63) is 53.5 Å². The Balaban J connectivity index is 1.57. The van der Waals surface area contributed by atoms with Crippen molar-refractivity contribution in [2.75, 3.05) is 6.54 Å². The summed E-state index contributed by atoms with van der Waals surface area (Å²) in [4.78, 5) is 27.9. The average molecular weight is 377 g/mol.